The first-order valence-corrected chi connectivity index (χ1v) is 5.28. The lowest BCUT2D eigenvalue weighted by atomic mass is 10.1. The molecule has 1 saturated carbocycles. The molecule has 0 bridgehead atoms. The second-order valence-electron chi connectivity index (χ2n) is 3.40. The number of aryl methyl sites for hydroxylation is 1. The van der Waals surface area contributed by atoms with E-state index >= 15 is 0 Å². The summed E-state index contributed by atoms with van der Waals surface area (Å²) >= 11 is 1.74. The highest BCUT2D eigenvalue weighted by molar-refractivity contribution is 7.09. The fourth-order valence-corrected chi connectivity index (χ4v) is 2.23. The van der Waals surface area contributed by atoms with Crippen molar-refractivity contribution in [2.75, 3.05) is 7.05 Å². The van der Waals surface area contributed by atoms with Gasteiger partial charge >= 0.3 is 0 Å². The molecule has 1 aromatic heterocycles. The van der Waals surface area contributed by atoms with Crippen molar-refractivity contribution < 1.29 is 0 Å². The highest BCUT2D eigenvalue weighted by atomic mass is 32.1. The number of thiazole rings is 1. The Bertz CT molecular complexity index is 265. The molecule has 12 heavy (non-hydrogen) atoms. The average molecular weight is 182 g/mol. The number of nitrogens with zero attached hydrogens (tertiary/aromatic N) is 1. The lowest BCUT2D eigenvalue weighted by molar-refractivity contribution is 0.517. The Labute approximate surface area is 77.0 Å². The van der Waals surface area contributed by atoms with Gasteiger partial charge in [-0.2, -0.15) is 0 Å². The highest BCUT2D eigenvalue weighted by Crippen LogP contribution is 2.40. The number of hydrogen-bond donors (Lipinski definition) is 1. The summed E-state index contributed by atoms with van der Waals surface area (Å²) in [5, 5.41) is 6.69. The minimum absolute atomic E-state index is 0.509. The van der Waals surface area contributed by atoms with Crippen molar-refractivity contribution in [3.63, 3.8) is 0 Å². The van der Waals surface area contributed by atoms with Gasteiger partial charge in [0.2, 0.25) is 0 Å². The molecule has 0 aromatic carbocycles. The maximum absolute atomic E-state index is 4.50. The summed E-state index contributed by atoms with van der Waals surface area (Å²) in [4.78, 5) is 4.50. The molecule has 1 fully saturated rings. The molecule has 1 aliphatic rings. The van der Waals surface area contributed by atoms with E-state index in [9.17, 15) is 0 Å². The largest absolute Gasteiger partial charge is 0.311 e. The summed E-state index contributed by atoms with van der Waals surface area (Å²) < 4.78 is 0. The number of hydrogen-bond acceptors (Lipinski definition) is 3. The van der Waals surface area contributed by atoms with Crippen LogP contribution in [0.15, 0.2) is 5.38 Å². The van der Waals surface area contributed by atoms with E-state index in [1.807, 2.05) is 7.05 Å². The molecule has 1 heterocycles. The van der Waals surface area contributed by atoms with Crippen LogP contribution in [0.25, 0.3) is 0 Å². The molecule has 1 aliphatic carbocycles. The average Bonchev–Trinajstić information content (AvgIpc) is 2.78. The molecule has 1 aromatic rings. The lowest BCUT2D eigenvalue weighted by Gasteiger charge is -2.11. The zero-order valence-corrected chi connectivity index (χ0v) is 8.32. The van der Waals surface area contributed by atoms with E-state index in [1.165, 1.54) is 23.5 Å². The van der Waals surface area contributed by atoms with E-state index in [0.717, 1.165) is 5.92 Å². The summed E-state index contributed by atoms with van der Waals surface area (Å²) in [7, 11) is 2.03. The van der Waals surface area contributed by atoms with Crippen LogP contribution in [-0.2, 0) is 0 Å². The fraction of sp³-hybridized carbons (Fsp3) is 0.667. The van der Waals surface area contributed by atoms with Crippen LogP contribution < -0.4 is 5.32 Å². The summed E-state index contributed by atoms with van der Waals surface area (Å²) in [6.45, 7) is 2.06. The molecule has 2 rings (SSSR count). The summed E-state index contributed by atoms with van der Waals surface area (Å²) in [6, 6.07) is 0.509. The second kappa shape index (κ2) is 3.15. The van der Waals surface area contributed by atoms with Gasteiger partial charge in [-0.25, -0.2) is 4.98 Å². The maximum Gasteiger partial charge on any atom is 0.0898 e. The van der Waals surface area contributed by atoms with E-state index in [0.29, 0.717) is 6.04 Å². The van der Waals surface area contributed by atoms with Gasteiger partial charge in [0.1, 0.15) is 0 Å². The molecule has 0 spiro atoms. The quantitative estimate of drug-likeness (QED) is 0.774. The fourth-order valence-electron chi connectivity index (χ4n) is 1.58. The van der Waals surface area contributed by atoms with Crippen LogP contribution in [0.5, 0.6) is 0 Å². The van der Waals surface area contributed by atoms with Crippen LogP contribution >= 0.6 is 11.3 Å². The SMILES string of the molecule is CNC(c1csc(C)n1)C1CC1. The normalized spacial score (nSPS) is 19.5. The van der Waals surface area contributed by atoms with E-state index in [1.54, 1.807) is 11.3 Å². The highest BCUT2D eigenvalue weighted by Gasteiger charge is 2.32. The third-order valence-electron chi connectivity index (χ3n) is 2.36. The zero-order valence-electron chi connectivity index (χ0n) is 7.50. The molecule has 0 aliphatic heterocycles. The minimum Gasteiger partial charge on any atom is -0.311 e. The van der Waals surface area contributed by atoms with Gasteiger partial charge in [0.25, 0.3) is 0 Å². The first-order valence-electron chi connectivity index (χ1n) is 4.40. The van der Waals surface area contributed by atoms with Crippen LogP contribution in [-0.4, -0.2) is 12.0 Å². The Morgan fingerprint density at radius 2 is 2.42 bits per heavy atom. The first-order chi connectivity index (χ1) is 5.81. The van der Waals surface area contributed by atoms with E-state index in [4.69, 9.17) is 0 Å². The van der Waals surface area contributed by atoms with E-state index in [-0.39, 0.29) is 0 Å². The van der Waals surface area contributed by atoms with Gasteiger partial charge in [-0.1, -0.05) is 0 Å². The molecular weight excluding hydrogens is 168 g/mol. The molecule has 1 unspecified atom stereocenters. The molecule has 0 saturated heterocycles. The predicted octanol–water partition coefficient (Wildman–Crippen LogP) is 2.12. The van der Waals surface area contributed by atoms with Crippen LogP contribution in [0.1, 0.15) is 29.6 Å². The number of nitrogens with one attached hydrogen (secondary N) is 1. The van der Waals surface area contributed by atoms with E-state index in [2.05, 4.69) is 22.6 Å². The molecular formula is C9H14N2S. The van der Waals surface area contributed by atoms with Crippen molar-refractivity contribution in [2.24, 2.45) is 5.92 Å². The Kier molecular flexibility index (Phi) is 2.15. The van der Waals surface area contributed by atoms with Crippen molar-refractivity contribution in [3.05, 3.63) is 16.1 Å². The van der Waals surface area contributed by atoms with Crippen molar-refractivity contribution in [1.82, 2.24) is 10.3 Å². The number of rotatable bonds is 3. The molecule has 0 radical (unpaired) electrons. The van der Waals surface area contributed by atoms with Gasteiger partial charge < -0.3 is 5.32 Å². The monoisotopic (exact) mass is 182 g/mol. The lowest BCUT2D eigenvalue weighted by Crippen LogP contribution is -2.18. The first kappa shape index (κ1) is 8.20. The predicted molar refractivity (Wildman–Crippen MR) is 51.4 cm³/mol. The standard InChI is InChI=1S/C9H14N2S/c1-6-11-8(5-12-6)9(10-2)7-3-4-7/h5,7,9-10H,3-4H2,1-2H3. The maximum atomic E-state index is 4.50. The molecule has 3 heteroatoms. The second-order valence-corrected chi connectivity index (χ2v) is 4.46. The Hall–Kier alpha value is -0.410. The molecule has 1 N–H and O–H groups in total. The molecule has 0 amide bonds. The van der Waals surface area contributed by atoms with Gasteiger partial charge in [-0.15, -0.1) is 11.3 Å². The third-order valence-corrected chi connectivity index (χ3v) is 3.15. The van der Waals surface area contributed by atoms with Gasteiger partial charge in [0.05, 0.1) is 16.7 Å². The van der Waals surface area contributed by atoms with E-state index < -0.39 is 0 Å². The minimum atomic E-state index is 0.509. The van der Waals surface area contributed by atoms with Crippen LogP contribution in [0.2, 0.25) is 0 Å². The Balaban J connectivity index is 2.15. The smallest absolute Gasteiger partial charge is 0.0898 e. The van der Waals surface area contributed by atoms with Crippen LogP contribution in [0.4, 0.5) is 0 Å². The summed E-state index contributed by atoms with van der Waals surface area (Å²) in [5.74, 6) is 0.844. The molecule has 66 valence electrons. The Morgan fingerprint density at radius 3 is 2.83 bits per heavy atom. The molecule has 2 nitrogen and oxygen atoms in total. The van der Waals surface area contributed by atoms with Crippen molar-refractivity contribution in [1.29, 1.82) is 0 Å². The zero-order chi connectivity index (χ0) is 8.55. The van der Waals surface area contributed by atoms with Crippen molar-refractivity contribution >= 4 is 11.3 Å². The van der Waals surface area contributed by atoms with Gasteiger partial charge in [0, 0.05) is 5.38 Å². The van der Waals surface area contributed by atoms with Gasteiger partial charge in [-0.05, 0) is 32.7 Å². The van der Waals surface area contributed by atoms with Crippen molar-refractivity contribution in [2.45, 2.75) is 25.8 Å². The van der Waals surface area contributed by atoms with Gasteiger partial charge in [0.15, 0.2) is 0 Å². The van der Waals surface area contributed by atoms with Crippen LogP contribution in [0.3, 0.4) is 0 Å². The molecule has 1 atom stereocenters. The Morgan fingerprint density at radius 1 is 1.67 bits per heavy atom. The summed E-state index contributed by atoms with van der Waals surface area (Å²) in [5.41, 5.74) is 1.24. The number of aromatic nitrogens is 1. The third kappa shape index (κ3) is 1.52. The van der Waals surface area contributed by atoms with Crippen LogP contribution in [0, 0.1) is 12.8 Å². The van der Waals surface area contributed by atoms with Crippen molar-refractivity contribution in [3.8, 4) is 0 Å². The summed E-state index contributed by atoms with van der Waals surface area (Å²) in [6.07, 6.45) is 2.73. The van der Waals surface area contributed by atoms with Gasteiger partial charge in [-0.3, -0.25) is 0 Å². The topological polar surface area (TPSA) is 24.9 Å².